The molecule has 0 bridgehead atoms. The summed E-state index contributed by atoms with van der Waals surface area (Å²) in [4.78, 5) is 11.3. The number of nitrogens with zero attached hydrogens (tertiary/aromatic N) is 1. The summed E-state index contributed by atoms with van der Waals surface area (Å²) < 4.78 is 10.5. The lowest BCUT2D eigenvalue weighted by Crippen LogP contribution is -2.01. The predicted molar refractivity (Wildman–Crippen MR) is 73.6 cm³/mol. The Kier molecular flexibility index (Phi) is 3.65. The number of ether oxygens (including phenoxy) is 2. The van der Waals surface area contributed by atoms with E-state index in [1.165, 1.54) is 7.11 Å². The van der Waals surface area contributed by atoms with Crippen molar-refractivity contribution in [1.29, 1.82) is 0 Å². The number of aromatic amines is 1. The van der Waals surface area contributed by atoms with Gasteiger partial charge in [-0.2, -0.15) is 5.10 Å². The summed E-state index contributed by atoms with van der Waals surface area (Å²) in [5.41, 5.74) is 2.64. The molecular weight excluding hydrogens is 260 g/mol. The van der Waals surface area contributed by atoms with Crippen molar-refractivity contribution in [3.8, 4) is 22.8 Å². The van der Waals surface area contributed by atoms with Gasteiger partial charge in [-0.1, -0.05) is 0 Å². The first-order valence-corrected chi connectivity index (χ1v) is 6.00. The van der Waals surface area contributed by atoms with E-state index in [9.17, 15) is 9.90 Å². The van der Waals surface area contributed by atoms with Gasteiger partial charge in [0.1, 0.15) is 11.3 Å². The van der Waals surface area contributed by atoms with Crippen LogP contribution >= 0.6 is 0 Å². The number of methoxy groups -OCH3 is 2. The number of benzene rings is 1. The Morgan fingerprint density at radius 3 is 2.35 bits per heavy atom. The van der Waals surface area contributed by atoms with E-state index >= 15 is 0 Å². The van der Waals surface area contributed by atoms with Gasteiger partial charge in [0.25, 0.3) is 0 Å². The monoisotopic (exact) mass is 276 g/mol. The molecule has 106 valence electrons. The summed E-state index contributed by atoms with van der Waals surface area (Å²) in [6.45, 7) is 3.54. The lowest BCUT2D eigenvalue weighted by molar-refractivity contribution is 0.0697. The molecule has 0 aliphatic heterocycles. The zero-order valence-electron chi connectivity index (χ0n) is 11.8. The first kappa shape index (κ1) is 13.9. The largest absolute Gasteiger partial charge is 0.493 e. The molecule has 0 aliphatic carbocycles. The molecule has 2 N–H and O–H groups in total. The summed E-state index contributed by atoms with van der Waals surface area (Å²) in [5, 5.41) is 16.1. The Bertz CT molecular complexity index is 661. The highest BCUT2D eigenvalue weighted by molar-refractivity contribution is 5.96. The maximum atomic E-state index is 11.3. The van der Waals surface area contributed by atoms with Gasteiger partial charge in [0.2, 0.25) is 0 Å². The van der Waals surface area contributed by atoms with E-state index in [2.05, 4.69) is 10.2 Å². The van der Waals surface area contributed by atoms with Crippen molar-refractivity contribution in [2.75, 3.05) is 14.2 Å². The molecule has 20 heavy (non-hydrogen) atoms. The second-order valence-corrected chi connectivity index (χ2v) is 4.40. The zero-order chi connectivity index (χ0) is 14.9. The number of carboxylic acid groups (broad SMARTS) is 1. The van der Waals surface area contributed by atoms with Gasteiger partial charge in [0.15, 0.2) is 11.5 Å². The summed E-state index contributed by atoms with van der Waals surface area (Å²) in [6.07, 6.45) is 0. The Balaban J connectivity index is 2.67. The number of aromatic carboxylic acids is 1. The van der Waals surface area contributed by atoms with Crippen LogP contribution in [0.1, 0.15) is 21.6 Å². The number of aryl methyl sites for hydroxylation is 2. The van der Waals surface area contributed by atoms with Gasteiger partial charge in [-0.25, -0.2) is 4.79 Å². The molecule has 1 heterocycles. The number of nitrogens with one attached hydrogen (secondary N) is 1. The number of aromatic nitrogens is 2. The van der Waals surface area contributed by atoms with Crippen LogP contribution in [0.15, 0.2) is 12.1 Å². The van der Waals surface area contributed by atoms with Crippen molar-refractivity contribution in [3.63, 3.8) is 0 Å². The molecule has 0 aliphatic rings. The predicted octanol–water partition coefficient (Wildman–Crippen LogP) is 2.41. The van der Waals surface area contributed by atoms with Crippen LogP contribution in [-0.2, 0) is 0 Å². The fourth-order valence-corrected chi connectivity index (χ4v) is 2.12. The number of hydrogen-bond donors (Lipinski definition) is 2. The lowest BCUT2D eigenvalue weighted by atomic mass is 10.0. The first-order chi connectivity index (χ1) is 9.49. The Morgan fingerprint density at radius 1 is 1.20 bits per heavy atom. The van der Waals surface area contributed by atoms with Crippen LogP contribution in [0, 0.1) is 13.8 Å². The molecule has 0 atom stereocenters. The van der Waals surface area contributed by atoms with Crippen LogP contribution in [0.2, 0.25) is 0 Å². The lowest BCUT2D eigenvalue weighted by Gasteiger charge is -2.12. The number of hydrogen-bond acceptors (Lipinski definition) is 4. The SMILES string of the molecule is COc1cc(C)c(-c2n[nH]c(C)c2C(=O)O)cc1OC. The molecule has 0 spiro atoms. The van der Waals surface area contributed by atoms with Gasteiger partial charge < -0.3 is 14.6 Å². The number of rotatable bonds is 4. The summed E-state index contributed by atoms with van der Waals surface area (Å²) >= 11 is 0. The van der Waals surface area contributed by atoms with Gasteiger partial charge in [-0.15, -0.1) is 0 Å². The highest BCUT2D eigenvalue weighted by Gasteiger charge is 2.21. The van der Waals surface area contributed by atoms with Crippen LogP contribution in [0.5, 0.6) is 11.5 Å². The quantitative estimate of drug-likeness (QED) is 0.895. The van der Waals surface area contributed by atoms with E-state index in [-0.39, 0.29) is 5.56 Å². The molecule has 0 saturated carbocycles. The fourth-order valence-electron chi connectivity index (χ4n) is 2.12. The van der Waals surface area contributed by atoms with E-state index in [0.29, 0.717) is 28.5 Å². The number of carbonyl (C=O) groups is 1. The molecule has 0 amide bonds. The Morgan fingerprint density at radius 2 is 1.80 bits per heavy atom. The van der Waals surface area contributed by atoms with Gasteiger partial charge in [-0.3, -0.25) is 5.10 Å². The zero-order valence-corrected chi connectivity index (χ0v) is 11.8. The Labute approximate surface area is 116 Å². The van der Waals surface area contributed by atoms with E-state index in [1.54, 1.807) is 26.2 Å². The maximum Gasteiger partial charge on any atom is 0.339 e. The standard InChI is InChI=1S/C14H16N2O4/c1-7-5-10(19-3)11(20-4)6-9(7)13-12(14(17)18)8(2)15-16-13/h5-6H,1-4H3,(H,15,16)(H,17,18). The third kappa shape index (κ3) is 2.20. The van der Waals surface area contributed by atoms with Crippen molar-refractivity contribution in [2.45, 2.75) is 13.8 Å². The van der Waals surface area contributed by atoms with Gasteiger partial charge in [0.05, 0.1) is 14.2 Å². The van der Waals surface area contributed by atoms with Crippen LogP contribution in [-0.4, -0.2) is 35.5 Å². The van der Waals surface area contributed by atoms with E-state index in [4.69, 9.17) is 9.47 Å². The van der Waals surface area contributed by atoms with Crippen LogP contribution in [0.4, 0.5) is 0 Å². The second-order valence-electron chi connectivity index (χ2n) is 4.40. The highest BCUT2D eigenvalue weighted by atomic mass is 16.5. The summed E-state index contributed by atoms with van der Waals surface area (Å²) in [6, 6.07) is 3.53. The number of carboxylic acids is 1. The van der Waals surface area contributed by atoms with Gasteiger partial charge in [-0.05, 0) is 31.5 Å². The molecule has 6 nitrogen and oxygen atoms in total. The third-order valence-electron chi connectivity index (χ3n) is 3.15. The molecule has 0 fully saturated rings. The molecule has 1 aromatic carbocycles. The molecule has 6 heteroatoms. The molecule has 2 rings (SSSR count). The molecular formula is C14H16N2O4. The molecule has 0 unspecified atom stereocenters. The van der Waals surface area contributed by atoms with Crippen molar-refractivity contribution in [3.05, 3.63) is 29.0 Å². The third-order valence-corrected chi connectivity index (χ3v) is 3.15. The van der Waals surface area contributed by atoms with Gasteiger partial charge >= 0.3 is 5.97 Å². The van der Waals surface area contributed by atoms with E-state index in [0.717, 1.165) is 5.56 Å². The smallest absolute Gasteiger partial charge is 0.339 e. The maximum absolute atomic E-state index is 11.3. The van der Waals surface area contributed by atoms with Crippen molar-refractivity contribution >= 4 is 5.97 Å². The number of H-pyrrole nitrogens is 1. The van der Waals surface area contributed by atoms with Crippen molar-refractivity contribution < 1.29 is 19.4 Å². The average Bonchev–Trinajstić information content (AvgIpc) is 2.80. The highest BCUT2D eigenvalue weighted by Crippen LogP contribution is 2.36. The molecule has 0 radical (unpaired) electrons. The topological polar surface area (TPSA) is 84.4 Å². The second kappa shape index (κ2) is 5.24. The van der Waals surface area contributed by atoms with Crippen molar-refractivity contribution in [2.24, 2.45) is 0 Å². The first-order valence-electron chi connectivity index (χ1n) is 6.00. The van der Waals surface area contributed by atoms with Crippen LogP contribution < -0.4 is 9.47 Å². The minimum Gasteiger partial charge on any atom is -0.493 e. The van der Waals surface area contributed by atoms with Crippen molar-refractivity contribution in [1.82, 2.24) is 10.2 Å². The fraction of sp³-hybridized carbons (Fsp3) is 0.286. The summed E-state index contributed by atoms with van der Waals surface area (Å²) in [5.74, 6) is 0.114. The average molecular weight is 276 g/mol. The molecule has 2 aromatic rings. The Hall–Kier alpha value is -2.50. The van der Waals surface area contributed by atoms with Crippen LogP contribution in [0.25, 0.3) is 11.3 Å². The van der Waals surface area contributed by atoms with Crippen LogP contribution in [0.3, 0.4) is 0 Å². The minimum atomic E-state index is -1.01. The van der Waals surface area contributed by atoms with Gasteiger partial charge in [0, 0.05) is 11.3 Å². The molecule has 1 aromatic heterocycles. The summed E-state index contributed by atoms with van der Waals surface area (Å²) in [7, 11) is 3.09. The van der Waals surface area contributed by atoms with E-state index < -0.39 is 5.97 Å². The van der Waals surface area contributed by atoms with E-state index in [1.807, 2.05) is 6.92 Å². The normalized spacial score (nSPS) is 10.4. The minimum absolute atomic E-state index is 0.167. The molecule has 0 saturated heterocycles.